The zero-order chi connectivity index (χ0) is 32.1. The van der Waals surface area contributed by atoms with Crippen molar-refractivity contribution in [2.75, 3.05) is 0 Å². The smallest absolute Gasteiger partial charge is 0.400 e. The average molecular weight is 628 g/mol. The molecule has 240 valence electrons. The van der Waals surface area contributed by atoms with Gasteiger partial charge >= 0.3 is 6.11 Å². The highest BCUT2D eigenvalue weighted by atomic mass is 19.3. The number of nitrogens with zero attached hydrogens (tertiary/aromatic N) is 1. The summed E-state index contributed by atoms with van der Waals surface area (Å²) in [6, 6.07) is 12.3. The molecule has 3 aromatic rings. The monoisotopic (exact) mass is 627 g/mol. The summed E-state index contributed by atoms with van der Waals surface area (Å²) in [5.74, 6) is -4.58. The maximum Gasteiger partial charge on any atom is 0.400 e. The van der Waals surface area contributed by atoms with Crippen LogP contribution in [0.15, 0.2) is 48.5 Å². The lowest BCUT2D eigenvalue weighted by Gasteiger charge is -2.33. The van der Waals surface area contributed by atoms with Crippen molar-refractivity contribution in [2.45, 2.75) is 102 Å². The van der Waals surface area contributed by atoms with Gasteiger partial charge in [0.2, 0.25) is 0 Å². The van der Waals surface area contributed by atoms with Gasteiger partial charge in [-0.2, -0.15) is 14.0 Å². The van der Waals surface area contributed by atoms with Crippen LogP contribution in [0.2, 0.25) is 0 Å². The fraction of sp³-hybridized carbons (Fsp3) is 0.486. The summed E-state index contributed by atoms with van der Waals surface area (Å²) in [5, 5.41) is 8.77. The Hall–Kier alpha value is -3.47. The highest BCUT2D eigenvalue weighted by molar-refractivity contribution is 5.65. The van der Waals surface area contributed by atoms with Crippen LogP contribution in [0.4, 0.5) is 26.3 Å². The molecule has 2 aliphatic carbocycles. The first kappa shape index (κ1) is 32.9. The van der Waals surface area contributed by atoms with Crippen molar-refractivity contribution < 1.29 is 31.1 Å². The highest BCUT2D eigenvalue weighted by Crippen LogP contribution is 2.45. The molecule has 2 saturated carbocycles. The molecule has 2 aliphatic rings. The summed E-state index contributed by atoms with van der Waals surface area (Å²) in [7, 11) is 0. The molecule has 0 atom stereocenters. The molecule has 8 heteroatoms. The molecule has 0 saturated heterocycles. The summed E-state index contributed by atoms with van der Waals surface area (Å²) >= 11 is 0. The van der Waals surface area contributed by atoms with Crippen molar-refractivity contribution in [3.05, 3.63) is 88.5 Å². The van der Waals surface area contributed by atoms with Gasteiger partial charge in [-0.1, -0.05) is 56.9 Å². The molecule has 5 rings (SSSR count). The first-order chi connectivity index (χ1) is 21.6. The van der Waals surface area contributed by atoms with E-state index >= 15 is 8.78 Å². The molecule has 0 radical (unpaired) electrons. The van der Waals surface area contributed by atoms with Gasteiger partial charge < -0.3 is 4.74 Å². The van der Waals surface area contributed by atoms with E-state index in [9.17, 15) is 17.6 Å². The summed E-state index contributed by atoms with van der Waals surface area (Å²) in [6.07, 6.45) is 6.38. The number of benzene rings is 3. The second kappa shape index (κ2) is 14.3. The van der Waals surface area contributed by atoms with Crippen LogP contribution in [-0.4, -0.2) is 6.11 Å². The molecule has 2 nitrogen and oxygen atoms in total. The molecule has 0 N–H and O–H groups in total. The van der Waals surface area contributed by atoms with Gasteiger partial charge in [0, 0.05) is 17.7 Å². The molecule has 0 heterocycles. The second-order valence-electron chi connectivity index (χ2n) is 12.8. The molecule has 0 amide bonds. The lowest BCUT2D eigenvalue weighted by Crippen LogP contribution is -2.37. The van der Waals surface area contributed by atoms with E-state index in [0.717, 1.165) is 24.3 Å². The molecular weight excluding hydrogens is 588 g/mol. The zero-order valence-corrected chi connectivity index (χ0v) is 25.5. The van der Waals surface area contributed by atoms with Crippen molar-refractivity contribution in [3.8, 4) is 22.9 Å². The maximum atomic E-state index is 15.3. The molecule has 0 aromatic heterocycles. The van der Waals surface area contributed by atoms with Crippen LogP contribution in [0.5, 0.6) is 5.75 Å². The van der Waals surface area contributed by atoms with E-state index in [1.807, 2.05) is 6.07 Å². The number of rotatable bonds is 10. The van der Waals surface area contributed by atoms with Gasteiger partial charge in [0.1, 0.15) is 40.7 Å². The quantitative estimate of drug-likeness (QED) is 0.166. The number of unbranched alkanes of at least 4 members (excludes halogenated alkanes) is 2. The van der Waals surface area contributed by atoms with E-state index in [1.54, 1.807) is 24.3 Å². The van der Waals surface area contributed by atoms with E-state index in [4.69, 9.17) is 5.26 Å². The van der Waals surface area contributed by atoms with Crippen LogP contribution in [0, 0.1) is 46.4 Å². The number of alkyl halides is 2. The van der Waals surface area contributed by atoms with E-state index in [-0.39, 0.29) is 37.4 Å². The Morgan fingerprint density at radius 2 is 1.42 bits per heavy atom. The van der Waals surface area contributed by atoms with Crippen molar-refractivity contribution in [3.63, 3.8) is 0 Å². The topological polar surface area (TPSA) is 33.0 Å². The SMILES string of the molecule is CCCCCC1CCC(c2ccc(-c3ccc(C4CCC(C(F)(F)Oc5cc(F)c(C#N)c(F)c5)CC4)c(F)c3)c(F)c2)CC1. The van der Waals surface area contributed by atoms with Crippen LogP contribution in [-0.2, 0) is 0 Å². The summed E-state index contributed by atoms with van der Waals surface area (Å²) < 4.78 is 92.9. The minimum atomic E-state index is -3.71. The third-order valence-electron chi connectivity index (χ3n) is 9.86. The maximum absolute atomic E-state index is 15.3. The molecule has 45 heavy (non-hydrogen) atoms. The van der Waals surface area contributed by atoms with Gasteiger partial charge in [-0.15, -0.1) is 0 Å². The predicted molar refractivity (Wildman–Crippen MR) is 162 cm³/mol. The molecule has 0 spiro atoms. The van der Waals surface area contributed by atoms with Gasteiger partial charge in [-0.3, -0.25) is 0 Å². The molecule has 0 unspecified atom stereocenters. The number of nitriles is 1. The average Bonchev–Trinajstić information content (AvgIpc) is 3.01. The van der Waals surface area contributed by atoms with Gasteiger partial charge in [-0.05, 0) is 97.9 Å². The standard InChI is InChI=1S/C37H39F6NO/c1-2-3-4-5-23-6-8-24(9-7-23)26-12-16-31(33(38)18-26)27-13-17-30(34(39)19-27)25-10-14-28(15-11-25)37(42,43)45-29-20-35(40)32(22-44)36(41)21-29/h12-13,16-21,23-25,28H,2-11,14-15H2,1H3. The van der Waals surface area contributed by atoms with E-state index < -0.39 is 40.8 Å². The predicted octanol–water partition coefficient (Wildman–Crippen LogP) is 11.6. The summed E-state index contributed by atoms with van der Waals surface area (Å²) in [4.78, 5) is 0. The third kappa shape index (κ3) is 7.68. The number of hydrogen-bond acceptors (Lipinski definition) is 2. The van der Waals surface area contributed by atoms with Crippen molar-refractivity contribution in [1.29, 1.82) is 5.26 Å². The molecular formula is C37H39F6NO. The summed E-state index contributed by atoms with van der Waals surface area (Å²) in [5.41, 5.74) is 1.27. The fourth-order valence-electron chi connectivity index (χ4n) is 7.21. The largest absolute Gasteiger partial charge is 0.432 e. The zero-order valence-electron chi connectivity index (χ0n) is 25.5. The first-order valence-electron chi connectivity index (χ1n) is 16.1. The Morgan fingerprint density at radius 3 is 2.02 bits per heavy atom. The molecule has 0 bridgehead atoms. The number of halogens is 6. The van der Waals surface area contributed by atoms with Gasteiger partial charge in [0.05, 0.1) is 5.92 Å². The van der Waals surface area contributed by atoms with Crippen molar-refractivity contribution >= 4 is 0 Å². The Morgan fingerprint density at radius 1 is 0.756 bits per heavy atom. The van der Waals surface area contributed by atoms with Gasteiger partial charge in [0.25, 0.3) is 0 Å². The number of hydrogen-bond donors (Lipinski definition) is 0. The Balaban J connectivity index is 1.18. The lowest BCUT2D eigenvalue weighted by molar-refractivity contribution is -0.222. The Labute approximate surface area is 261 Å². The van der Waals surface area contributed by atoms with Crippen LogP contribution in [0.3, 0.4) is 0 Å². The van der Waals surface area contributed by atoms with Gasteiger partial charge in [0.15, 0.2) is 0 Å². The Kier molecular flexibility index (Phi) is 10.5. The van der Waals surface area contributed by atoms with Crippen molar-refractivity contribution in [1.82, 2.24) is 0 Å². The molecule has 3 aromatic carbocycles. The normalized spacial score (nSPS) is 22.2. The fourth-order valence-corrected chi connectivity index (χ4v) is 7.21. The third-order valence-corrected chi connectivity index (χ3v) is 9.86. The van der Waals surface area contributed by atoms with E-state index in [2.05, 4.69) is 11.7 Å². The molecule has 0 aliphatic heterocycles. The number of ether oxygens (including phenoxy) is 1. The minimum absolute atomic E-state index is 0.0108. The van der Waals surface area contributed by atoms with Crippen molar-refractivity contribution in [2.24, 2.45) is 11.8 Å². The first-order valence-corrected chi connectivity index (χ1v) is 16.1. The highest BCUT2D eigenvalue weighted by Gasteiger charge is 2.44. The lowest BCUT2D eigenvalue weighted by atomic mass is 9.76. The van der Waals surface area contributed by atoms with Gasteiger partial charge in [-0.25, -0.2) is 17.6 Å². The summed E-state index contributed by atoms with van der Waals surface area (Å²) in [6.45, 7) is 2.22. The minimum Gasteiger partial charge on any atom is -0.432 e. The van der Waals surface area contributed by atoms with Crippen LogP contribution < -0.4 is 4.74 Å². The second-order valence-corrected chi connectivity index (χ2v) is 12.8. The molecule has 2 fully saturated rings. The van der Waals surface area contributed by atoms with Crippen LogP contribution in [0.1, 0.15) is 112 Å². The van der Waals surface area contributed by atoms with E-state index in [0.29, 0.717) is 34.7 Å². The Bertz CT molecular complexity index is 1490. The van der Waals surface area contributed by atoms with Crippen LogP contribution in [0.25, 0.3) is 11.1 Å². The van der Waals surface area contributed by atoms with E-state index in [1.165, 1.54) is 50.7 Å². The van der Waals surface area contributed by atoms with Crippen LogP contribution >= 0.6 is 0 Å².